The number of aromatic nitrogens is 2. The fraction of sp³-hybridized carbons (Fsp3) is 0.438. The summed E-state index contributed by atoms with van der Waals surface area (Å²) in [5, 5.41) is 4.44. The van der Waals surface area contributed by atoms with Crippen LogP contribution >= 0.6 is 11.8 Å². The van der Waals surface area contributed by atoms with E-state index >= 15 is 0 Å². The maximum Gasteiger partial charge on any atom is 0.0806 e. The highest BCUT2D eigenvalue weighted by Crippen LogP contribution is 2.34. The minimum atomic E-state index is 0.183. The zero-order chi connectivity index (χ0) is 14.7. The third-order valence-electron chi connectivity index (χ3n) is 3.91. The van der Waals surface area contributed by atoms with Crippen molar-refractivity contribution in [3.8, 4) is 0 Å². The van der Waals surface area contributed by atoms with Crippen molar-refractivity contribution in [2.75, 3.05) is 25.2 Å². The fourth-order valence-electron chi connectivity index (χ4n) is 2.88. The molecule has 0 aliphatic carbocycles. The Morgan fingerprint density at radius 1 is 1.48 bits per heavy atom. The van der Waals surface area contributed by atoms with E-state index in [1.165, 1.54) is 5.56 Å². The quantitative estimate of drug-likeness (QED) is 0.882. The Kier molecular flexibility index (Phi) is 4.37. The molecule has 0 bridgehead atoms. The molecule has 1 aliphatic heterocycles. The molecule has 1 fully saturated rings. The molecule has 3 rings (SSSR count). The van der Waals surface area contributed by atoms with E-state index in [-0.39, 0.29) is 6.04 Å². The maximum absolute atomic E-state index is 5.85. The van der Waals surface area contributed by atoms with Crippen LogP contribution in [0.5, 0.6) is 0 Å². The van der Waals surface area contributed by atoms with Crippen LogP contribution in [0.25, 0.3) is 0 Å². The first-order chi connectivity index (χ1) is 10.3. The van der Waals surface area contributed by atoms with Gasteiger partial charge in [-0.05, 0) is 42.7 Å². The van der Waals surface area contributed by atoms with E-state index in [2.05, 4.69) is 29.6 Å². The molecule has 5 heteroatoms. The molecule has 1 saturated heterocycles. The second-order valence-corrected chi connectivity index (χ2v) is 6.12. The summed E-state index contributed by atoms with van der Waals surface area (Å²) in [7, 11) is 0. The highest BCUT2D eigenvalue weighted by Gasteiger charge is 2.27. The van der Waals surface area contributed by atoms with Gasteiger partial charge in [-0.1, -0.05) is 12.1 Å². The van der Waals surface area contributed by atoms with Crippen LogP contribution in [0, 0.1) is 18.1 Å². The van der Waals surface area contributed by atoms with Gasteiger partial charge in [0.25, 0.3) is 0 Å². The van der Waals surface area contributed by atoms with Gasteiger partial charge in [-0.2, -0.15) is 5.10 Å². The predicted molar refractivity (Wildman–Crippen MR) is 84.2 cm³/mol. The number of anilines is 1. The Bertz CT molecular complexity index is 593. The lowest BCUT2D eigenvalue weighted by Gasteiger charge is -2.30. The zero-order valence-electron chi connectivity index (χ0n) is 12.1. The Morgan fingerprint density at radius 2 is 2.29 bits per heavy atom. The predicted octanol–water partition coefficient (Wildman–Crippen LogP) is 2.80. The molecular formula is C16H19N3OS. The molecule has 2 aromatic rings. The van der Waals surface area contributed by atoms with Crippen molar-refractivity contribution in [2.45, 2.75) is 23.8 Å². The van der Waals surface area contributed by atoms with Crippen LogP contribution in [0.2, 0.25) is 0 Å². The first kappa shape index (κ1) is 14.3. The van der Waals surface area contributed by atoms with Gasteiger partial charge in [0.15, 0.2) is 0 Å². The number of ether oxygens (including phenoxy) is 1. The van der Waals surface area contributed by atoms with E-state index in [9.17, 15) is 0 Å². The van der Waals surface area contributed by atoms with Gasteiger partial charge in [-0.25, -0.2) is 0 Å². The smallest absolute Gasteiger partial charge is 0.0806 e. The number of nitrogen functional groups attached to an aromatic ring is 1. The lowest BCUT2D eigenvalue weighted by atomic mass is 9.87. The van der Waals surface area contributed by atoms with E-state index in [4.69, 9.17) is 10.5 Å². The SMILES string of the molecule is CSc1c#ccc(C(C2CCOCC2)n2cc(N)cn2)c1. The van der Waals surface area contributed by atoms with E-state index in [0.29, 0.717) is 11.6 Å². The van der Waals surface area contributed by atoms with Gasteiger partial charge >= 0.3 is 0 Å². The molecule has 2 heterocycles. The summed E-state index contributed by atoms with van der Waals surface area (Å²) in [5.41, 5.74) is 7.77. The monoisotopic (exact) mass is 301 g/mol. The summed E-state index contributed by atoms with van der Waals surface area (Å²) >= 11 is 1.68. The van der Waals surface area contributed by atoms with Gasteiger partial charge in [-0.15, -0.1) is 11.8 Å². The van der Waals surface area contributed by atoms with Crippen molar-refractivity contribution < 1.29 is 4.74 Å². The van der Waals surface area contributed by atoms with Crippen molar-refractivity contribution >= 4 is 17.4 Å². The van der Waals surface area contributed by atoms with E-state index < -0.39 is 0 Å². The molecule has 1 unspecified atom stereocenters. The van der Waals surface area contributed by atoms with Crippen LogP contribution in [-0.2, 0) is 4.74 Å². The Morgan fingerprint density at radius 3 is 2.95 bits per heavy atom. The molecule has 0 spiro atoms. The van der Waals surface area contributed by atoms with Gasteiger partial charge in [0.2, 0.25) is 0 Å². The molecule has 110 valence electrons. The molecule has 4 nitrogen and oxygen atoms in total. The van der Waals surface area contributed by atoms with E-state index in [1.807, 2.05) is 16.9 Å². The molecule has 0 radical (unpaired) electrons. The van der Waals surface area contributed by atoms with Crippen LogP contribution in [0.1, 0.15) is 24.4 Å². The van der Waals surface area contributed by atoms with Gasteiger partial charge in [0.05, 0.1) is 22.8 Å². The van der Waals surface area contributed by atoms with Crippen molar-refractivity contribution in [3.63, 3.8) is 0 Å². The molecular weight excluding hydrogens is 282 g/mol. The van der Waals surface area contributed by atoms with Crippen molar-refractivity contribution in [1.82, 2.24) is 9.78 Å². The number of hydrogen-bond donors (Lipinski definition) is 1. The zero-order valence-corrected chi connectivity index (χ0v) is 12.9. The molecule has 0 saturated carbocycles. The van der Waals surface area contributed by atoms with Crippen LogP contribution < -0.4 is 5.73 Å². The van der Waals surface area contributed by atoms with Crippen molar-refractivity contribution in [3.05, 3.63) is 42.2 Å². The molecule has 1 aliphatic rings. The molecule has 1 atom stereocenters. The van der Waals surface area contributed by atoms with E-state index in [1.54, 1.807) is 18.0 Å². The summed E-state index contributed by atoms with van der Waals surface area (Å²) in [6.45, 7) is 1.63. The summed E-state index contributed by atoms with van der Waals surface area (Å²) in [5.74, 6) is 0.503. The van der Waals surface area contributed by atoms with Gasteiger partial charge in [0, 0.05) is 19.4 Å². The lowest BCUT2D eigenvalue weighted by molar-refractivity contribution is 0.0527. The number of rotatable bonds is 4. The van der Waals surface area contributed by atoms with E-state index in [0.717, 1.165) is 31.0 Å². The lowest BCUT2D eigenvalue weighted by Crippen LogP contribution is -2.27. The number of nitrogens with zero attached hydrogens (tertiary/aromatic N) is 2. The van der Waals surface area contributed by atoms with Crippen LogP contribution in [-0.4, -0.2) is 29.3 Å². The molecule has 21 heavy (non-hydrogen) atoms. The summed E-state index contributed by atoms with van der Waals surface area (Å²) < 4.78 is 7.48. The second kappa shape index (κ2) is 6.42. The topological polar surface area (TPSA) is 53.1 Å². The minimum absolute atomic E-state index is 0.183. The molecule has 1 aromatic heterocycles. The standard InChI is InChI=1S/C16H19N3OS/c1-21-15-4-2-3-13(9-15)16(12-5-7-20-8-6-12)19-11-14(17)10-18-19/h3,9-12,16H,5-8,17H2,1H3. The van der Waals surface area contributed by atoms with Gasteiger partial charge in [0.1, 0.15) is 0 Å². The van der Waals surface area contributed by atoms with Crippen molar-refractivity contribution in [1.29, 1.82) is 0 Å². The van der Waals surface area contributed by atoms with Crippen LogP contribution in [0.4, 0.5) is 5.69 Å². The highest BCUT2D eigenvalue weighted by atomic mass is 32.2. The van der Waals surface area contributed by atoms with Crippen molar-refractivity contribution in [2.24, 2.45) is 5.92 Å². The Labute approximate surface area is 129 Å². The first-order valence-corrected chi connectivity index (χ1v) is 8.35. The minimum Gasteiger partial charge on any atom is -0.396 e. The average Bonchev–Trinajstić information content (AvgIpc) is 2.95. The largest absolute Gasteiger partial charge is 0.396 e. The third-order valence-corrected chi connectivity index (χ3v) is 4.57. The summed E-state index contributed by atoms with van der Waals surface area (Å²) in [6, 6.07) is 10.6. The van der Waals surface area contributed by atoms with Crippen LogP contribution in [0.15, 0.2) is 29.4 Å². The third kappa shape index (κ3) is 3.17. The van der Waals surface area contributed by atoms with Crippen LogP contribution in [0.3, 0.4) is 0 Å². The first-order valence-electron chi connectivity index (χ1n) is 7.12. The number of hydrogen-bond acceptors (Lipinski definition) is 4. The van der Waals surface area contributed by atoms with Gasteiger partial charge in [-0.3, -0.25) is 4.68 Å². The Hall–Kier alpha value is -1.64. The molecule has 2 N–H and O–H groups in total. The summed E-state index contributed by atoms with van der Waals surface area (Å²) in [6.07, 6.45) is 7.75. The Balaban J connectivity index is 1.97. The summed E-state index contributed by atoms with van der Waals surface area (Å²) in [4.78, 5) is 1.10. The highest BCUT2D eigenvalue weighted by molar-refractivity contribution is 7.98. The fourth-order valence-corrected chi connectivity index (χ4v) is 3.29. The maximum atomic E-state index is 5.85. The van der Waals surface area contributed by atoms with Gasteiger partial charge < -0.3 is 10.5 Å². The number of thioether (sulfide) groups is 1. The molecule has 0 amide bonds. The average molecular weight is 301 g/mol. The normalized spacial score (nSPS) is 17.4. The molecule has 1 aromatic carbocycles. The second-order valence-electron chi connectivity index (χ2n) is 5.27. The number of nitrogens with two attached hydrogens (primary N) is 1.